The zero-order chi connectivity index (χ0) is 20.4. The minimum atomic E-state index is -1.21. The largest absolute Gasteiger partial charge is 0.341 e. The second kappa shape index (κ2) is 9.41. The molecule has 2 aromatic rings. The van der Waals surface area contributed by atoms with Crippen molar-refractivity contribution >= 4 is 24.1 Å². The van der Waals surface area contributed by atoms with Crippen molar-refractivity contribution in [2.75, 3.05) is 13.1 Å². The number of aryl methyl sites for hydroxylation is 1. The molecule has 1 aliphatic heterocycles. The molecule has 0 aromatic heterocycles. The van der Waals surface area contributed by atoms with Crippen LogP contribution in [0, 0.1) is 30.3 Å². The van der Waals surface area contributed by atoms with Gasteiger partial charge in [-0.2, -0.15) is 0 Å². The Hall–Kier alpha value is -2.38. The van der Waals surface area contributed by atoms with E-state index in [4.69, 9.17) is 5.73 Å². The molecular weight excluding hydrogens is 405 g/mol. The fourth-order valence-corrected chi connectivity index (χ4v) is 3.46. The van der Waals surface area contributed by atoms with Gasteiger partial charge < -0.3 is 10.6 Å². The van der Waals surface area contributed by atoms with Crippen molar-refractivity contribution in [3.05, 3.63) is 70.5 Å². The van der Waals surface area contributed by atoms with Crippen LogP contribution in [0.4, 0.5) is 13.2 Å². The maximum atomic E-state index is 13.9. The van der Waals surface area contributed by atoms with Gasteiger partial charge in [-0.25, -0.2) is 13.2 Å². The van der Waals surface area contributed by atoms with Crippen molar-refractivity contribution in [2.45, 2.75) is 25.8 Å². The number of nitrogens with two attached hydrogens (primary N) is 1. The van der Waals surface area contributed by atoms with Crippen LogP contribution in [0.3, 0.4) is 0 Å². The van der Waals surface area contributed by atoms with E-state index < -0.39 is 40.8 Å². The highest BCUT2D eigenvalue weighted by molar-refractivity contribution is 5.98. The van der Waals surface area contributed by atoms with Crippen molar-refractivity contribution < 1.29 is 22.8 Å². The molecule has 2 N–H and O–H groups in total. The third-order valence-corrected chi connectivity index (χ3v) is 5.13. The van der Waals surface area contributed by atoms with Crippen molar-refractivity contribution in [2.24, 2.45) is 11.7 Å². The topological polar surface area (TPSA) is 63.4 Å². The highest BCUT2D eigenvalue weighted by atomic mass is 35.5. The number of halogens is 4. The third kappa shape index (κ3) is 4.97. The van der Waals surface area contributed by atoms with Crippen LogP contribution in [0.15, 0.2) is 36.4 Å². The van der Waals surface area contributed by atoms with E-state index in [1.807, 2.05) is 19.1 Å². The first-order valence-corrected chi connectivity index (χ1v) is 9.07. The molecule has 0 radical (unpaired) electrons. The number of carbonyl (C=O) groups is 2. The van der Waals surface area contributed by atoms with Crippen LogP contribution < -0.4 is 5.73 Å². The van der Waals surface area contributed by atoms with E-state index >= 15 is 0 Å². The van der Waals surface area contributed by atoms with Gasteiger partial charge in [-0.1, -0.05) is 29.8 Å². The molecule has 0 aliphatic carbocycles. The van der Waals surface area contributed by atoms with Crippen LogP contribution in [0.5, 0.6) is 0 Å². The van der Waals surface area contributed by atoms with Crippen molar-refractivity contribution in [1.29, 1.82) is 0 Å². The van der Waals surface area contributed by atoms with Crippen LogP contribution in [0.25, 0.3) is 0 Å². The second-order valence-corrected chi connectivity index (χ2v) is 7.10. The summed E-state index contributed by atoms with van der Waals surface area (Å²) in [5.74, 6) is -5.07. The molecule has 8 heteroatoms. The number of carbonyl (C=O) groups excluding carboxylic acids is 2. The van der Waals surface area contributed by atoms with Crippen LogP contribution in [0.1, 0.15) is 40.4 Å². The molecule has 2 aromatic carbocycles. The molecule has 0 saturated carbocycles. The standard InChI is InChI=1S/C21H21F3N2O2.ClH/c1-12-2-4-13(5-3-12)19(25)21(28)26-8-6-14(7-9-26)20(27)18-16(23)10-15(22)11-17(18)24;/h2-5,10-11,14,19H,6-9,25H2,1H3;1H. The maximum Gasteiger partial charge on any atom is 0.244 e. The SMILES string of the molecule is Cc1ccc(C(N)C(=O)N2CCC(C(=O)c3c(F)cc(F)cc3F)CC2)cc1.Cl. The van der Waals surface area contributed by atoms with Gasteiger partial charge in [0.1, 0.15) is 23.5 Å². The molecular formula is C21H22ClF3N2O2. The summed E-state index contributed by atoms with van der Waals surface area (Å²) in [6.45, 7) is 2.46. The molecule has 1 amide bonds. The molecule has 0 bridgehead atoms. The van der Waals surface area contributed by atoms with Gasteiger partial charge in [-0.15, -0.1) is 12.4 Å². The summed E-state index contributed by atoms with van der Waals surface area (Å²) < 4.78 is 40.8. The molecule has 1 unspecified atom stereocenters. The summed E-state index contributed by atoms with van der Waals surface area (Å²) in [5, 5.41) is 0. The highest BCUT2D eigenvalue weighted by Crippen LogP contribution is 2.26. The van der Waals surface area contributed by atoms with E-state index in [1.165, 1.54) is 0 Å². The number of hydrogen-bond acceptors (Lipinski definition) is 3. The predicted octanol–water partition coefficient (Wildman–Crippen LogP) is 3.96. The Labute approximate surface area is 173 Å². The van der Waals surface area contributed by atoms with E-state index in [9.17, 15) is 22.8 Å². The molecule has 156 valence electrons. The molecule has 1 saturated heterocycles. The first kappa shape index (κ1) is 22.9. The first-order chi connectivity index (χ1) is 13.3. The van der Waals surface area contributed by atoms with E-state index in [0.717, 1.165) is 5.56 Å². The smallest absolute Gasteiger partial charge is 0.244 e. The highest BCUT2D eigenvalue weighted by Gasteiger charge is 2.32. The van der Waals surface area contributed by atoms with Gasteiger partial charge in [-0.05, 0) is 25.3 Å². The number of Topliss-reactive ketones (excluding diaryl/α,β-unsaturated/α-hetero) is 1. The van der Waals surface area contributed by atoms with Crippen LogP contribution in [0.2, 0.25) is 0 Å². The van der Waals surface area contributed by atoms with Gasteiger partial charge >= 0.3 is 0 Å². The molecule has 0 spiro atoms. The van der Waals surface area contributed by atoms with Gasteiger partial charge in [0.05, 0.1) is 5.56 Å². The van der Waals surface area contributed by atoms with Crippen LogP contribution in [-0.4, -0.2) is 29.7 Å². The Balaban J connectivity index is 0.00000300. The zero-order valence-electron chi connectivity index (χ0n) is 15.8. The van der Waals surface area contributed by atoms with Gasteiger partial charge in [-0.3, -0.25) is 9.59 Å². The number of rotatable bonds is 4. The van der Waals surface area contributed by atoms with Crippen molar-refractivity contribution in [1.82, 2.24) is 4.90 Å². The normalized spacial score (nSPS) is 15.6. The Morgan fingerprint density at radius 3 is 2.07 bits per heavy atom. The predicted molar refractivity (Wildman–Crippen MR) is 105 cm³/mol. The number of piperidine rings is 1. The molecule has 3 rings (SSSR count). The average Bonchev–Trinajstić information content (AvgIpc) is 2.66. The third-order valence-electron chi connectivity index (χ3n) is 5.13. The number of hydrogen-bond donors (Lipinski definition) is 1. The number of amides is 1. The van der Waals surface area contributed by atoms with Crippen LogP contribution in [-0.2, 0) is 4.79 Å². The molecule has 4 nitrogen and oxygen atoms in total. The summed E-state index contributed by atoms with van der Waals surface area (Å²) in [5.41, 5.74) is 7.10. The van der Waals surface area contributed by atoms with Gasteiger partial charge in [0.15, 0.2) is 5.78 Å². The summed E-state index contributed by atoms with van der Waals surface area (Å²) in [6, 6.07) is 7.53. The molecule has 1 heterocycles. The Morgan fingerprint density at radius 1 is 1.03 bits per heavy atom. The fourth-order valence-electron chi connectivity index (χ4n) is 3.46. The molecule has 1 aliphatic rings. The summed E-state index contributed by atoms with van der Waals surface area (Å²) in [4.78, 5) is 26.7. The monoisotopic (exact) mass is 426 g/mol. The lowest BCUT2D eigenvalue weighted by Crippen LogP contribution is -2.44. The van der Waals surface area contributed by atoms with Gasteiger partial charge in [0, 0.05) is 31.1 Å². The quantitative estimate of drug-likeness (QED) is 0.753. The Kier molecular flexibility index (Phi) is 7.43. The number of benzene rings is 2. The number of nitrogens with zero attached hydrogens (tertiary/aromatic N) is 1. The Bertz CT molecular complexity index is 874. The minimum Gasteiger partial charge on any atom is -0.341 e. The van der Waals surface area contributed by atoms with Gasteiger partial charge in [0.25, 0.3) is 0 Å². The molecule has 29 heavy (non-hydrogen) atoms. The first-order valence-electron chi connectivity index (χ1n) is 9.07. The Morgan fingerprint density at radius 2 is 1.55 bits per heavy atom. The molecule has 1 atom stereocenters. The maximum absolute atomic E-state index is 13.9. The summed E-state index contributed by atoms with van der Waals surface area (Å²) in [6.07, 6.45) is 0.531. The summed E-state index contributed by atoms with van der Waals surface area (Å²) >= 11 is 0. The van der Waals surface area contributed by atoms with E-state index in [0.29, 0.717) is 17.7 Å². The minimum absolute atomic E-state index is 0. The van der Waals surface area contributed by atoms with Crippen molar-refractivity contribution in [3.8, 4) is 0 Å². The lowest BCUT2D eigenvalue weighted by Gasteiger charge is -2.33. The second-order valence-electron chi connectivity index (χ2n) is 7.10. The fraction of sp³-hybridized carbons (Fsp3) is 0.333. The van der Waals surface area contributed by atoms with E-state index in [2.05, 4.69) is 0 Å². The zero-order valence-corrected chi connectivity index (χ0v) is 16.6. The van der Waals surface area contributed by atoms with E-state index in [1.54, 1.807) is 17.0 Å². The van der Waals surface area contributed by atoms with Gasteiger partial charge in [0.2, 0.25) is 5.91 Å². The lowest BCUT2D eigenvalue weighted by atomic mass is 9.88. The van der Waals surface area contributed by atoms with Crippen molar-refractivity contribution in [3.63, 3.8) is 0 Å². The van der Waals surface area contributed by atoms with E-state index in [-0.39, 0.29) is 44.2 Å². The number of likely N-dealkylation sites (tertiary alicyclic amines) is 1. The summed E-state index contributed by atoms with van der Waals surface area (Å²) in [7, 11) is 0. The lowest BCUT2D eigenvalue weighted by molar-refractivity contribution is -0.134. The molecule has 1 fully saturated rings. The van der Waals surface area contributed by atoms with Crippen LogP contribution >= 0.6 is 12.4 Å². The average molecular weight is 427 g/mol. The number of ketones is 1.